The summed E-state index contributed by atoms with van der Waals surface area (Å²) in [5, 5.41) is 0. The molecule has 0 unspecified atom stereocenters. The van der Waals surface area contributed by atoms with Gasteiger partial charge in [-0.05, 0) is 60.5 Å². The Morgan fingerprint density at radius 2 is 2.00 bits per heavy atom. The van der Waals surface area contributed by atoms with Gasteiger partial charge in [-0.1, -0.05) is 25.5 Å². The maximum Gasteiger partial charge on any atom is 0.176 e. The predicted molar refractivity (Wildman–Crippen MR) is 83.0 cm³/mol. The average Bonchev–Trinajstić information content (AvgIpc) is 3.19. The van der Waals surface area contributed by atoms with Crippen LogP contribution in [0.25, 0.3) is 0 Å². The highest BCUT2D eigenvalue weighted by Gasteiger charge is 2.29. The van der Waals surface area contributed by atoms with Crippen molar-refractivity contribution in [1.29, 1.82) is 0 Å². The number of unbranched alkanes of at least 4 members (excludes halogenated alkanes) is 1. The number of carbonyl (C=O) groups excluding carboxylic acids is 1. The number of hydrogen-bond donors (Lipinski definition) is 0. The third kappa shape index (κ3) is 4.05. The van der Waals surface area contributed by atoms with Gasteiger partial charge in [0.05, 0.1) is 6.54 Å². The predicted octanol–water partition coefficient (Wildman–Crippen LogP) is 3.74. The van der Waals surface area contributed by atoms with E-state index in [0.29, 0.717) is 12.6 Å². The van der Waals surface area contributed by atoms with Crippen LogP contribution in [0.4, 0.5) is 0 Å². The molecule has 0 saturated heterocycles. The number of ketones is 1. The fourth-order valence-corrected chi connectivity index (χ4v) is 2.46. The lowest BCUT2D eigenvalue weighted by molar-refractivity contribution is 0.0923. The fraction of sp³-hybridized carbons (Fsp3) is 0.533. The van der Waals surface area contributed by atoms with Crippen LogP contribution in [0.3, 0.4) is 0 Å². The molecule has 98 valence electrons. The van der Waals surface area contributed by atoms with Crippen molar-refractivity contribution in [3.8, 4) is 0 Å². The van der Waals surface area contributed by atoms with Gasteiger partial charge >= 0.3 is 0 Å². The minimum absolute atomic E-state index is 0.259. The Bertz CT molecular complexity index is 397. The van der Waals surface area contributed by atoms with Gasteiger partial charge in [-0.3, -0.25) is 9.69 Å². The van der Waals surface area contributed by atoms with Crippen LogP contribution in [-0.2, 0) is 0 Å². The minimum atomic E-state index is 0.259. The third-order valence-corrected chi connectivity index (χ3v) is 4.09. The van der Waals surface area contributed by atoms with E-state index in [1.807, 2.05) is 24.3 Å². The molecular formula is C15H20INO. The quantitative estimate of drug-likeness (QED) is 0.547. The normalized spacial score (nSPS) is 15.1. The second-order valence-corrected chi connectivity index (χ2v) is 6.23. The largest absolute Gasteiger partial charge is 0.293 e. The number of hydrogen-bond acceptors (Lipinski definition) is 2. The van der Waals surface area contributed by atoms with Crippen LogP contribution in [0, 0.1) is 3.57 Å². The molecule has 3 heteroatoms. The van der Waals surface area contributed by atoms with Crippen LogP contribution in [-0.4, -0.2) is 29.8 Å². The summed E-state index contributed by atoms with van der Waals surface area (Å²) < 4.78 is 1.18. The maximum absolute atomic E-state index is 12.2. The summed E-state index contributed by atoms with van der Waals surface area (Å²) in [6.45, 7) is 3.86. The Kier molecular flexibility index (Phi) is 5.18. The number of Topliss-reactive ketones (excluding diaryl/α,β-unsaturated/α-hetero) is 1. The molecule has 1 aromatic rings. The lowest BCUT2D eigenvalue weighted by Gasteiger charge is -2.20. The van der Waals surface area contributed by atoms with E-state index in [1.54, 1.807) is 0 Å². The molecule has 0 aliphatic heterocycles. The van der Waals surface area contributed by atoms with E-state index in [-0.39, 0.29) is 5.78 Å². The van der Waals surface area contributed by atoms with E-state index in [1.165, 1.54) is 29.3 Å². The summed E-state index contributed by atoms with van der Waals surface area (Å²) in [6, 6.07) is 8.55. The van der Waals surface area contributed by atoms with E-state index >= 15 is 0 Å². The molecule has 0 radical (unpaired) electrons. The lowest BCUT2D eigenvalue weighted by Crippen LogP contribution is -2.32. The Balaban J connectivity index is 1.93. The molecule has 2 rings (SSSR count). The standard InChI is InChI=1S/C15H20INO/c1-2-3-10-17(14-8-9-14)11-15(18)12-4-6-13(16)7-5-12/h4-7,14H,2-3,8-11H2,1H3. The van der Waals surface area contributed by atoms with Gasteiger partial charge in [-0.15, -0.1) is 0 Å². The monoisotopic (exact) mass is 357 g/mol. The molecule has 2 nitrogen and oxygen atoms in total. The van der Waals surface area contributed by atoms with Crippen molar-refractivity contribution in [2.45, 2.75) is 38.6 Å². The van der Waals surface area contributed by atoms with Crippen molar-refractivity contribution in [1.82, 2.24) is 4.90 Å². The number of carbonyl (C=O) groups is 1. The Morgan fingerprint density at radius 3 is 2.56 bits per heavy atom. The molecule has 0 aromatic heterocycles. The van der Waals surface area contributed by atoms with Gasteiger partial charge in [-0.2, -0.15) is 0 Å². The highest BCUT2D eigenvalue weighted by atomic mass is 127. The molecule has 1 aromatic carbocycles. The summed E-state index contributed by atoms with van der Waals surface area (Å²) in [7, 11) is 0. The zero-order chi connectivity index (χ0) is 13.0. The van der Waals surface area contributed by atoms with Crippen LogP contribution in [0.5, 0.6) is 0 Å². The first-order valence-corrected chi connectivity index (χ1v) is 7.81. The molecule has 0 N–H and O–H groups in total. The van der Waals surface area contributed by atoms with Gasteiger partial charge in [-0.25, -0.2) is 0 Å². The van der Waals surface area contributed by atoms with Crippen molar-refractivity contribution in [3.63, 3.8) is 0 Å². The molecule has 0 bridgehead atoms. The number of nitrogens with zero attached hydrogens (tertiary/aromatic N) is 1. The molecule has 0 spiro atoms. The summed E-state index contributed by atoms with van der Waals surface area (Å²) in [6.07, 6.45) is 4.92. The Hall–Kier alpha value is -0.420. The number of halogens is 1. The van der Waals surface area contributed by atoms with E-state index < -0.39 is 0 Å². The topological polar surface area (TPSA) is 20.3 Å². The highest BCUT2D eigenvalue weighted by molar-refractivity contribution is 14.1. The Morgan fingerprint density at radius 1 is 1.33 bits per heavy atom. The van der Waals surface area contributed by atoms with E-state index in [9.17, 15) is 4.79 Å². The molecule has 1 aliphatic carbocycles. The summed E-state index contributed by atoms with van der Waals surface area (Å²) in [4.78, 5) is 14.6. The van der Waals surface area contributed by atoms with Crippen molar-refractivity contribution in [2.75, 3.05) is 13.1 Å². The van der Waals surface area contributed by atoms with Gasteiger partial charge in [0.15, 0.2) is 5.78 Å². The van der Waals surface area contributed by atoms with Crippen molar-refractivity contribution in [2.24, 2.45) is 0 Å². The molecular weight excluding hydrogens is 337 g/mol. The summed E-state index contributed by atoms with van der Waals surface area (Å²) >= 11 is 2.26. The molecule has 0 amide bonds. The van der Waals surface area contributed by atoms with Crippen LogP contribution in [0.2, 0.25) is 0 Å². The summed E-state index contributed by atoms with van der Waals surface area (Å²) in [5.41, 5.74) is 0.845. The van der Waals surface area contributed by atoms with E-state index in [0.717, 1.165) is 12.1 Å². The molecule has 18 heavy (non-hydrogen) atoms. The first-order valence-electron chi connectivity index (χ1n) is 6.73. The van der Waals surface area contributed by atoms with Crippen LogP contribution < -0.4 is 0 Å². The third-order valence-electron chi connectivity index (χ3n) is 3.38. The maximum atomic E-state index is 12.2. The first-order chi connectivity index (χ1) is 8.70. The molecule has 0 atom stereocenters. The number of benzene rings is 1. The minimum Gasteiger partial charge on any atom is -0.293 e. The highest BCUT2D eigenvalue weighted by Crippen LogP contribution is 2.27. The van der Waals surface area contributed by atoms with Gasteiger partial charge < -0.3 is 0 Å². The van der Waals surface area contributed by atoms with Gasteiger partial charge in [0.1, 0.15) is 0 Å². The average molecular weight is 357 g/mol. The van der Waals surface area contributed by atoms with Gasteiger partial charge in [0.2, 0.25) is 0 Å². The molecule has 1 fully saturated rings. The van der Waals surface area contributed by atoms with Crippen LogP contribution >= 0.6 is 22.6 Å². The van der Waals surface area contributed by atoms with Crippen LogP contribution in [0.15, 0.2) is 24.3 Å². The van der Waals surface area contributed by atoms with Gasteiger partial charge in [0, 0.05) is 15.2 Å². The van der Waals surface area contributed by atoms with E-state index in [2.05, 4.69) is 34.4 Å². The zero-order valence-electron chi connectivity index (χ0n) is 10.9. The zero-order valence-corrected chi connectivity index (χ0v) is 13.0. The first kappa shape index (κ1) is 14.0. The van der Waals surface area contributed by atoms with Gasteiger partial charge in [0.25, 0.3) is 0 Å². The molecule has 1 aliphatic rings. The van der Waals surface area contributed by atoms with Crippen molar-refractivity contribution in [3.05, 3.63) is 33.4 Å². The summed E-state index contributed by atoms with van der Waals surface area (Å²) in [5.74, 6) is 0.259. The number of rotatable bonds is 7. The van der Waals surface area contributed by atoms with Crippen molar-refractivity contribution < 1.29 is 4.79 Å². The Labute approximate surface area is 123 Å². The van der Waals surface area contributed by atoms with Crippen molar-refractivity contribution >= 4 is 28.4 Å². The second-order valence-electron chi connectivity index (χ2n) is 4.99. The second kappa shape index (κ2) is 6.66. The fourth-order valence-electron chi connectivity index (χ4n) is 2.10. The molecule has 1 saturated carbocycles. The van der Waals surface area contributed by atoms with Crippen LogP contribution in [0.1, 0.15) is 43.0 Å². The smallest absolute Gasteiger partial charge is 0.176 e. The lowest BCUT2D eigenvalue weighted by atomic mass is 10.1. The molecule has 0 heterocycles. The SMILES string of the molecule is CCCCN(CC(=O)c1ccc(I)cc1)C1CC1. The van der Waals surface area contributed by atoms with E-state index in [4.69, 9.17) is 0 Å².